The van der Waals surface area contributed by atoms with Crippen molar-refractivity contribution in [3.8, 4) is 0 Å². The molecule has 3 nitrogen and oxygen atoms in total. The van der Waals surface area contributed by atoms with E-state index in [1.807, 2.05) is 140 Å². The van der Waals surface area contributed by atoms with Crippen molar-refractivity contribution in [1.29, 1.82) is 0 Å². The van der Waals surface area contributed by atoms with E-state index < -0.39 is 5.60 Å². The summed E-state index contributed by atoms with van der Waals surface area (Å²) in [6, 6.07) is 27.4. The van der Waals surface area contributed by atoms with Crippen LogP contribution in [0.2, 0.25) is 0 Å². The van der Waals surface area contributed by atoms with Crippen LogP contribution in [0.5, 0.6) is 0 Å². The molecular weight excluding hydrogens is 396 g/mol. The topological polar surface area (TPSA) is 46.5 Å². The zero-order valence-electron chi connectivity index (χ0n) is 21.3. The summed E-state index contributed by atoms with van der Waals surface area (Å²) in [4.78, 5) is 12.4. The van der Waals surface area contributed by atoms with Gasteiger partial charge in [-0.05, 0) is 6.07 Å². The van der Waals surface area contributed by atoms with Gasteiger partial charge in [0.15, 0.2) is 5.60 Å². The molecule has 1 heterocycles. The van der Waals surface area contributed by atoms with E-state index in [-0.39, 0.29) is 5.97 Å². The maximum absolute atomic E-state index is 12.4. The van der Waals surface area contributed by atoms with Gasteiger partial charge in [-0.1, -0.05) is 134 Å². The van der Waals surface area contributed by atoms with Crippen LogP contribution in [0.15, 0.2) is 84.9 Å². The second-order valence-corrected chi connectivity index (χ2v) is 5.35. The number of rotatable bonds is 2. The Labute approximate surface area is 196 Å². The van der Waals surface area contributed by atoms with E-state index in [1.54, 1.807) is 0 Å². The van der Waals surface area contributed by atoms with Gasteiger partial charge >= 0.3 is 5.97 Å². The molecule has 0 bridgehead atoms. The van der Waals surface area contributed by atoms with Crippen LogP contribution in [0.4, 0.5) is 0 Å². The first-order valence-corrected chi connectivity index (χ1v) is 11.7. The molecule has 3 aromatic rings. The summed E-state index contributed by atoms with van der Waals surface area (Å²) in [6.07, 6.45) is 0. The van der Waals surface area contributed by atoms with Crippen LogP contribution in [-0.2, 0) is 10.3 Å². The minimum Gasteiger partial charge on any atom is -0.441 e. The van der Waals surface area contributed by atoms with Crippen LogP contribution in [0.3, 0.4) is 0 Å². The number of carbonyl (C=O) groups is 1. The molecule has 1 aliphatic rings. The van der Waals surface area contributed by atoms with Gasteiger partial charge in [0.1, 0.15) is 0 Å². The maximum atomic E-state index is 12.4. The third kappa shape index (κ3) is 7.06. The summed E-state index contributed by atoms with van der Waals surface area (Å²) in [7, 11) is 1.00. The zero-order valence-corrected chi connectivity index (χ0v) is 21.3. The predicted octanol–water partition coefficient (Wildman–Crippen LogP) is 7.86. The number of esters is 1. The van der Waals surface area contributed by atoms with Crippen molar-refractivity contribution in [2.75, 3.05) is 7.11 Å². The Balaban J connectivity index is 0. The van der Waals surface area contributed by atoms with Crippen LogP contribution < -0.4 is 0 Å². The van der Waals surface area contributed by atoms with Gasteiger partial charge in [-0.2, -0.15) is 0 Å². The number of benzene rings is 3. The van der Waals surface area contributed by atoms with E-state index in [1.165, 1.54) is 0 Å². The summed E-state index contributed by atoms with van der Waals surface area (Å²) in [5, 5.41) is 7.00. The van der Waals surface area contributed by atoms with Gasteiger partial charge in [-0.25, -0.2) is 4.79 Å². The third-order valence-electron chi connectivity index (χ3n) is 4.13. The van der Waals surface area contributed by atoms with Crippen molar-refractivity contribution in [2.45, 2.75) is 61.0 Å². The van der Waals surface area contributed by atoms with Gasteiger partial charge in [0.05, 0.1) is 5.56 Å². The molecular formula is C29H42O3. The Morgan fingerprint density at radius 1 is 0.562 bits per heavy atom. The molecule has 0 saturated heterocycles. The monoisotopic (exact) mass is 438 g/mol. The van der Waals surface area contributed by atoms with Gasteiger partial charge in [-0.15, -0.1) is 0 Å². The van der Waals surface area contributed by atoms with Gasteiger partial charge < -0.3 is 9.84 Å². The van der Waals surface area contributed by atoms with Crippen molar-refractivity contribution in [3.05, 3.63) is 107 Å². The minimum atomic E-state index is -0.865. The van der Waals surface area contributed by atoms with Crippen LogP contribution in [-0.4, -0.2) is 18.2 Å². The second kappa shape index (κ2) is 18.8. The Morgan fingerprint density at radius 2 is 0.906 bits per heavy atom. The number of carbonyl (C=O) groups excluding carboxylic acids is 1. The average Bonchev–Trinajstić information content (AvgIpc) is 3.24. The molecule has 0 unspecified atom stereocenters. The molecule has 0 spiro atoms. The largest absolute Gasteiger partial charge is 0.441 e. The first kappa shape index (κ1) is 31.3. The fourth-order valence-corrected chi connectivity index (χ4v) is 3.16. The summed E-state index contributed by atoms with van der Waals surface area (Å²) < 4.78 is 5.95. The molecule has 3 heteroatoms. The number of cyclic esters (lactones) is 1. The smallest absolute Gasteiger partial charge is 0.340 e. The van der Waals surface area contributed by atoms with E-state index in [0.717, 1.165) is 23.8 Å². The molecule has 0 radical (unpaired) electrons. The zero-order chi connectivity index (χ0) is 25.0. The number of fused-ring (bicyclic) bond motifs is 1. The lowest BCUT2D eigenvalue weighted by Crippen LogP contribution is -2.29. The van der Waals surface area contributed by atoms with E-state index in [4.69, 9.17) is 9.84 Å². The van der Waals surface area contributed by atoms with Crippen LogP contribution in [0.25, 0.3) is 0 Å². The molecule has 1 aliphatic heterocycles. The fraction of sp³-hybridized carbons (Fsp3) is 0.345. The molecule has 1 N–H and O–H groups in total. The molecule has 4 rings (SSSR count). The lowest BCUT2D eigenvalue weighted by atomic mass is 9.80. The summed E-state index contributed by atoms with van der Waals surface area (Å²) >= 11 is 0. The molecule has 0 atom stereocenters. The van der Waals surface area contributed by atoms with Crippen LogP contribution in [0.1, 0.15) is 82.4 Å². The molecule has 3 aromatic carbocycles. The Morgan fingerprint density at radius 3 is 1.31 bits per heavy atom. The molecule has 0 amide bonds. The number of hydrogen-bond acceptors (Lipinski definition) is 3. The van der Waals surface area contributed by atoms with Crippen molar-refractivity contribution < 1.29 is 14.6 Å². The highest BCUT2D eigenvalue weighted by Gasteiger charge is 2.48. The van der Waals surface area contributed by atoms with E-state index in [2.05, 4.69) is 0 Å². The van der Waals surface area contributed by atoms with Gasteiger partial charge in [0.2, 0.25) is 0 Å². The highest BCUT2D eigenvalue weighted by molar-refractivity contribution is 5.96. The molecule has 176 valence electrons. The number of ether oxygens (including phenoxy) is 1. The molecule has 32 heavy (non-hydrogen) atoms. The van der Waals surface area contributed by atoms with E-state index in [9.17, 15) is 4.79 Å². The first-order chi connectivity index (χ1) is 15.8. The standard InChI is InChI=1S/C20H14O2.4C2H6.CH4O/c21-19-17-13-7-8-14-18(17)20(22-19,15-9-3-1-4-10-15)16-11-5-2-6-12-16;5*1-2/h1-14H;4*1-2H3;2H,1H3. The van der Waals surface area contributed by atoms with Crippen molar-refractivity contribution in [2.24, 2.45) is 0 Å². The molecule has 0 fully saturated rings. The first-order valence-electron chi connectivity index (χ1n) is 11.7. The summed E-state index contributed by atoms with van der Waals surface area (Å²) in [5.74, 6) is -0.275. The maximum Gasteiger partial charge on any atom is 0.340 e. The molecule has 0 aromatic heterocycles. The predicted molar refractivity (Wildman–Crippen MR) is 138 cm³/mol. The minimum absolute atomic E-state index is 0.275. The second-order valence-electron chi connectivity index (χ2n) is 5.35. The number of aliphatic hydroxyl groups excluding tert-OH is 1. The lowest BCUT2D eigenvalue weighted by molar-refractivity contribution is 0.0251. The summed E-state index contributed by atoms with van der Waals surface area (Å²) in [6.45, 7) is 16.0. The summed E-state index contributed by atoms with van der Waals surface area (Å²) in [5.41, 5.74) is 2.59. The molecule has 0 aliphatic carbocycles. The fourth-order valence-electron chi connectivity index (χ4n) is 3.16. The number of hydrogen-bond donors (Lipinski definition) is 1. The molecule has 0 saturated carbocycles. The van der Waals surface area contributed by atoms with Crippen LogP contribution in [0, 0.1) is 0 Å². The highest BCUT2D eigenvalue weighted by atomic mass is 16.6. The van der Waals surface area contributed by atoms with Crippen molar-refractivity contribution in [1.82, 2.24) is 0 Å². The Kier molecular flexibility index (Phi) is 18.4. The SMILES string of the molecule is CC.CC.CC.CC.CO.O=C1OC(c2ccccc2)(c2ccccc2)c2ccccc21. The Hall–Kier alpha value is -2.91. The number of aliphatic hydroxyl groups is 1. The Bertz CT molecular complexity index is 788. The van der Waals surface area contributed by atoms with Crippen molar-refractivity contribution >= 4 is 5.97 Å². The van der Waals surface area contributed by atoms with Gasteiger partial charge in [-0.3, -0.25) is 0 Å². The third-order valence-corrected chi connectivity index (χ3v) is 4.13. The lowest BCUT2D eigenvalue weighted by Gasteiger charge is -2.30. The van der Waals surface area contributed by atoms with Crippen molar-refractivity contribution in [3.63, 3.8) is 0 Å². The quantitative estimate of drug-likeness (QED) is 0.414. The van der Waals surface area contributed by atoms with E-state index >= 15 is 0 Å². The van der Waals surface area contributed by atoms with Gasteiger partial charge in [0, 0.05) is 23.8 Å². The average molecular weight is 439 g/mol. The highest BCUT2D eigenvalue weighted by Crippen LogP contribution is 2.46. The normalized spacial score (nSPS) is 11.4. The van der Waals surface area contributed by atoms with Gasteiger partial charge in [0.25, 0.3) is 0 Å². The van der Waals surface area contributed by atoms with E-state index in [0.29, 0.717) is 5.56 Å². The van der Waals surface area contributed by atoms with Crippen LogP contribution >= 0.6 is 0 Å².